The van der Waals surface area contributed by atoms with Crippen molar-refractivity contribution in [2.45, 2.75) is 47.2 Å². The van der Waals surface area contributed by atoms with Crippen LogP contribution >= 0.6 is 46.1 Å². The van der Waals surface area contributed by atoms with E-state index in [1.165, 1.54) is 6.42 Å². The van der Waals surface area contributed by atoms with Gasteiger partial charge in [0.15, 0.2) is 0 Å². The Morgan fingerprint density at radius 3 is 2.46 bits per heavy atom. The third kappa shape index (κ3) is 1.57. The Morgan fingerprint density at radius 1 is 1.38 bits per heavy atom. The number of halogens is 1. The molecule has 1 aliphatic carbocycles. The topological polar surface area (TPSA) is 17.1 Å². The third-order valence-electron chi connectivity index (χ3n) is 3.15. The lowest BCUT2D eigenvalue weighted by Crippen LogP contribution is -2.35. The molecule has 0 bridgehead atoms. The molecular formula is C9H13IOS2. The smallest absolute Gasteiger partial charge is 0.206 e. The molecule has 0 amide bonds. The van der Waals surface area contributed by atoms with Gasteiger partial charge in [0.1, 0.15) is 0 Å². The van der Waals surface area contributed by atoms with Crippen molar-refractivity contribution in [2.75, 3.05) is 0 Å². The van der Waals surface area contributed by atoms with E-state index in [1.807, 2.05) is 46.1 Å². The lowest BCUT2D eigenvalue weighted by Gasteiger charge is -2.33. The summed E-state index contributed by atoms with van der Waals surface area (Å²) in [5, 5.41) is 0.696. The Hall–Kier alpha value is 1.10. The van der Waals surface area contributed by atoms with E-state index in [-0.39, 0.29) is 5.25 Å². The van der Waals surface area contributed by atoms with E-state index in [2.05, 4.69) is 20.8 Å². The molecule has 2 aliphatic rings. The van der Waals surface area contributed by atoms with Crippen LogP contribution in [0.1, 0.15) is 27.2 Å². The van der Waals surface area contributed by atoms with E-state index in [4.69, 9.17) is 0 Å². The summed E-state index contributed by atoms with van der Waals surface area (Å²) < 4.78 is 1.13. The predicted octanol–water partition coefficient (Wildman–Crippen LogP) is 3.11. The Balaban J connectivity index is 2.16. The van der Waals surface area contributed by atoms with Gasteiger partial charge in [-0.05, 0) is 20.3 Å². The van der Waals surface area contributed by atoms with E-state index < -0.39 is 0 Å². The second-order valence-electron chi connectivity index (χ2n) is 4.30. The van der Waals surface area contributed by atoms with Gasteiger partial charge in [-0.3, -0.25) is 4.79 Å². The SMILES string of the molecule is C[C@H]1SC2(C)CC2(C)SC1C(=O)I. The maximum atomic E-state index is 11.4. The Kier molecular flexibility index (Phi) is 2.49. The highest BCUT2D eigenvalue weighted by molar-refractivity contribution is 14.1. The van der Waals surface area contributed by atoms with Gasteiger partial charge in [0.2, 0.25) is 3.79 Å². The standard InChI is InChI=1S/C9H13IOS2/c1-5-6(7(10)11)13-9(3)4-8(9,2)12-5/h5-6H,4H2,1-3H3/t5-,6?,8?,9?/m1/s1. The van der Waals surface area contributed by atoms with E-state index >= 15 is 0 Å². The van der Waals surface area contributed by atoms with Gasteiger partial charge < -0.3 is 0 Å². The summed E-state index contributed by atoms with van der Waals surface area (Å²) in [5.41, 5.74) is 0. The lowest BCUT2D eigenvalue weighted by molar-refractivity contribution is -0.108. The Labute approximate surface area is 101 Å². The molecule has 74 valence electrons. The molecule has 4 atom stereocenters. The molecule has 1 saturated heterocycles. The van der Waals surface area contributed by atoms with Crippen LogP contribution in [0, 0.1) is 0 Å². The van der Waals surface area contributed by atoms with Crippen LogP contribution in [0.3, 0.4) is 0 Å². The average Bonchev–Trinajstić information content (AvgIpc) is 2.50. The molecule has 2 rings (SSSR count). The fourth-order valence-corrected chi connectivity index (χ4v) is 7.04. The van der Waals surface area contributed by atoms with E-state index in [9.17, 15) is 4.79 Å². The first kappa shape index (κ1) is 10.6. The normalized spacial score (nSPS) is 54.2. The third-order valence-corrected chi connectivity index (χ3v) is 8.30. The maximum absolute atomic E-state index is 11.4. The van der Waals surface area contributed by atoms with Gasteiger partial charge in [0, 0.05) is 37.3 Å². The largest absolute Gasteiger partial charge is 0.286 e. The van der Waals surface area contributed by atoms with Gasteiger partial charge in [0.05, 0.1) is 5.25 Å². The number of rotatable bonds is 1. The van der Waals surface area contributed by atoms with Crippen LogP contribution in [0.5, 0.6) is 0 Å². The molecule has 0 N–H and O–H groups in total. The van der Waals surface area contributed by atoms with Gasteiger partial charge >= 0.3 is 0 Å². The summed E-state index contributed by atoms with van der Waals surface area (Å²) in [6.07, 6.45) is 1.26. The molecule has 0 aromatic heterocycles. The van der Waals surface area contributed by atoms with Gasteiger partial charge in [-0.25, -0.2) is 0 Å². The van der Waals surface area contributed by atoms with Crippen molar-refractivity contribution in [3.05, 3.63) is 0 Å². The number of hydrogen-bond acceptors (Lipinski definition) is 3. The van der Waals surface area contributed by atoms with Gasteiger partial charge in [0.25, 0.3) is 0 Å². The molecular weight excluding hydrogens is 315 g/mol. The second kappa shape index (κ2) is 3.04. The predicted molar refractivity (Wildman–Crippen MR) is 68.9 cm³/mol. The highest BCUT2D eigenvalue weighted by Crippen LogP contribution is 2.70. The van der Waals surface area contributed by atoms with Gasteiger partial charge in [-0.2, -0.15) is 0 Å². The molecule has 1 heterocycles. The van der Waals surface area contributed by atoms with Crippen molar-refractivity contribution in [1.82, 2.24) is 0 Å². The Morgan fingerprint density at radius 2 is 1.92 bits per heavy atom. The summed E-state index contributed by atoms with van der Waals surface area (Å²) in [6, 6.07) is 0. The van der Waals surface area contributed by atoms with Crippen LogP contribution in [0.15, 0.2) is 0 Å². The van der Waals surface area contributed by atoms with Crippen LogP contribution in [-0.2, 0) is 4.79 Å². The van der Waals surface area contributed by atoms with Crippen molar-refractivity contribution >= 4 is 49.9 Å². The zero-order chi connectivity index (χ0) is 9.85. The van der Waals surface area contributed by atoms with Crippen molar-refractivity contribution < 1.29 is 4.79 Å². The minimum absolute atomic E-state index is 0.214. The fourth-order valence-electron chi connectivity index (χ4n) is 2.01. The van der Waals surface area contributed by atoms with Gasteiger partial charge in [-0.1, -0.05) is 6.92 Å². The van der Waals surface area contributed by atoms with Crippen LogP contribution in [-0.4, -0.2) is 23.8 Å². The lowest BCUT2D eigenvalue weighted by atomic mass is 10.3. The molecule has 0 aromatic rings. The molecule has 13 heavy (non-hydrogen) atoms. The highest BCUT2D eigenvalue weighted by atomic mass is 127. The monoisotopic (exact) mass is 328 g/mol. The van der Waals surface area contributed by atoms with Crippen LogP contribution in [0.2, 0.25) is 0 Å². The summed E-state index contributed by atoms with van der Waals surface area (Å²) in [5.74, 6) is 0. The molecule has 1 saturated carbocycles. The molecule has 4 heteroatoms. The second-order valence-corrected chi connectivity index (χ2v) is 8.89. The number of carbonyl (C=O) groups excluding carboxylic acids is 1. The molecule has 0 spiro atoms. The maximum Gasteiger partial charge on any atom is 0.206 e. The van der Waals surface area contributed by atoms with Crippen LogP contribution < -0.4 is 0 Å². The quantitative estimate of drug-likeness (QED) is 0.544. The first-order valence-electron chi connectivity index (χ1n) is 4.43. The first-order valence-corrected chi connectivity index (χ1v) is 7.27. The van der Waals surface area contributed by atoms with Crippen molar-refractivity contribution in [1.29, 1.82) is 0 Å². The fraction of sp³-hybridized carbons (Fsp3) is 0.889. The zero-order valence-electron chi connectivity index (χ0n) is 7.96. The van der Waals surface area contributed by atoms with E-state index in [0.717, 1.165) is 0 Å². The van der Waals surface area contributed by atoms with Gasteiger partial charge in [-0.15, -0.1) is 23.5 Å². The highest BCUT2D eigenvalue weighted by Gasteiger charge is 2.67. The summed E-state index contributed by atoms with van der Waals surface area (Å²) in [6.45, 7) is 6.81. The van der Waals surface area contributed by atoms with Crippen molar-refractivity contribution in [3.63, 3.8) is 0 Å². The number of carbonyl (C=O) groups is 1. The molecule has 0 radical (unpaired) electrons. The minimum atomic E-state index is 0.214. The molecule has 1 aliphatic heterocycles. The van der Waals surface area contributed by atoms with Crippen molar-refractivity contribution in [3.8, 4) is 0 Å². The summed E-state index contributed by atoms with van der Waals surface area (Å²) in [7, 11) is 0. The van der Waals surface area contributed by atoms with E-state index in [1.54, 1.807) is 0 Å². The minimum Gasteiger partial charge on any atom is -0.286 e. The Bertz CT molecular complexity index is 270. The number of hydrogen-bond donors (Lipinski definition) is 0. The first-order chi connectivity index (χ1) is 5.88. The van der Waals surface area contributed by atoms with Crippen LogP contribution in [0.4, 0.5) is 0 Å². The number of thioether (sulfide) groups is 2. The van der Waals surface area contributed by atoms with Crippen LogP contribution in [0.25, 0.3) is 0 Å². The average molecular weight is 328 g/mol. The molecule has 1 nitrogen and oxygen atoms in total. The van der Waals surface area contributed by atoms with Crippen molar-refractivity contribution in [2.24, 2.45) is 0 Å². The molecule has 0 aromatic carbocycles. The zero-order valence-corrected chi connectivity index (χ0v) is 11.8. The van der Waals surface area contributed by atoms with E-state index in [0.29, 0.717) is 18.5 Å². The summed E-state index contributed by atoms with van der Waals surface area (Å²) >= 11 is 5.85. The molecule has 2 fully saturated rings. The molecule has 3 unspecified atom stereocenters. The number of fused-ring (bicyclic) bond motifs is 1. The summed E-state index contributed by atoms with van der Waals surface area (Å²) in [4.78, 5) is 11.4.